The zero-order valence-electron chi connectivity index (χ0n) is 19.1. The summed E-state index contributed by atoms with van der Waals surface area (Å²) in [7, 11) is -4.02. The summed E-state index contributed by atoms with van der Waals surface area (Å²) in [4.78, 5) is 30.3. The van der Waals surface area contributed by atoms with Crippen molar-refractivity contribution in [3.63, 3.8) is 0 Å². The van der Waals surface area contributed by atoms with Crippen LogP contribution < -0.4 is 5.73 Å². The Morgan fingerprint density at radius 1 is 1.17 bits per heavy atom. The average molecular weight is 514 g/mol. The molecule has 1 amide bonds. The predicted octanol–water partition coefficient (Wildman–Crippen LogP) is 2.80. The lowest BCUT2D eigenvalue weighted by Gasteiger charge is -2.42. The smallest absolute Gasteiger partial charge is 0.277 e. The first-order valence-corrected chi connectivity index (χ1v) is 12.9. The van der Waals surface area contributed by atoms with Crippen LogP contribution in [0.1, 0.15) is 19.4 Å². The number of aromatic amines is 1. The number of nitrogens with one attached hydrogen (secondary N) is 1. The molecule has 5 rings (SSSR count). The normalized spacial score (nSPS) is 17.7. The number of halogens is 1. The van der Waals surface area contributed by atoms with Gasteiger partial charge in [0.25, 0.3) is 10.0 Å². The lowest BCUT2D eigenvalue weighted by Crippen LogP contribution is -2.59. The molecule has 182 valence electrons. The number of aromatic nitrogens is 4. The molecule has 0 spiro atoms. The van der Waals surface area contributed by atoms with Gasteiger partial charge in [-0.3, -0.25) is 4.79 Å². The van der Waals surface area contributed by atoms with Crippen LogP contribution in [0.2, 0.25) is 5.02 Å². The van der Waals surface area contributed by atoms with Crippen LogP contribution in [-0.2, 0) is 21.4 Å². The molecule has 1 aliphatic heterocycles. The Balaban J connectivity index is 1.42. The number of sulfonamides is 1. The van der Waals surface area contributed by atoms with Gasteiger partial charge in [0, 0.05) is 29.5 Å². The van der Waals surface area contributed by atoms with E-state index >= 15 is 0 Å². The third-order valence-corrected chi connectivity index (χ3v) is 8.16. The fourth-order valence-corrected chi connectivity index (χ4v) is 5.88. The number of nitrogens with zero attached hydrogens (tertiary/aromatic N) is 5. The van der Waals surface area contributed by atoms with Crippen LogP contribution in [-0.4, -0.2) is 62.6 Å². The minimum atomic E-state index is -4.02. The van der Waals surface area contributed by atoms with E-state index in [0.717, 1.165) is 10.9 Å². The summed E-state index contributed by atoms with van der Waals surface area (Å²) in [5.41, 5.74) is 8.48. The van der Waals surface area contributed by atoms with E-state index in [-0.39, 0.29) is 36.1 Å². The maximum atomic E-state index is 13.4. The van der Waals surface area contributed by atoms with Gasteiger partial charge in [0.2, 0.25) is 11.1 Å². The molecule has 1 aliphatic rings. The first-order valence-electron chi connectivity index (χ1n) is 11.1. The highest BCUT2D eigenvalue weighted by molar-refractivity contribution is 7.89. The molecule has 2 aromatic heterocycles. The van der Waals surface area contributed by atoms with Gasteiger partial charge in [-0.05, 0) is 41.8 Å². The van der Waals surface area contributed by atoms with Gasteiger partial charge in [-0.1, -0.05) is 31.5 Å². The number of imidazole rings is 1. The second-order valence-corrected chi connectivity index (χ2v) is 11.2. The first-order chi connectivity index (χ1) is 16.6. The molecule has 3 heterocycles. The number of fused-ring (bicyclic) bond motifs is 2. The molecule has 3 N–H and O–H groups in total. The first kappa shape index (κ1) is 23.5. The molecule has 1 saturated heterocycles. The number of nitrogens with two attached hydrogens (primary N) is 1. The number of amides is 1. The van der Waals surface area contributed by atoms with Crippen LogP contribution in [0.5, 0.6) is 0 Å². The Hall–Kier alpha value is -3.28. The standard InChI is InChI=1S/C23H24ClN7O3S/c1-13(2)20-10-30(35(33,34)23-28-17-6-4-15(24)8-19(17)29-23)11-21(32)31(20)9-14-3-5-16-18(7-14)26-12-27-22(16)25/h3-8,12-13,20H,9-11H2,1-2H3,(H,28,29)(H2,25,26,27). The van der Waals surface area contributed by atoms with E-state index in [1.165, 1.54) is 10.6 Å². The van der Waals surface area contributed by atoms with E-state index in [9.17, 15) is 13.2 Å². The van der Waals surface area contributed by atoms with E-state index in [4.69, 9.17) is 17.3 Å². The lowest BCUT2D eigenvalue weighted by atomic mass is 9.99. The monoisotopic (exact) mass is 513 g/mol. The van der Waals surface area contributed by atoms with Gasteiger partial charge in [0.1, 0.15) is 12.1 Å². The van der Waals surface area contributed by atoms with E-state index in [1.54, 1.807) is 23.1 Å². The van der Waals surface area contributed by atoms with Crippen LogP contribution in [0.25, 0.3) is 21.9 Å². The maximum Gasteiger partial charge on any atom is 0.277 e. The largest absolute Gasteiger partial charge is 0.383 e. The van der Waals surface area contributed by atoms with Gasteiger partial charge in [-0.2, -0.15) is 4.31 Å². The molecule has 2 aromatic carbocycles. The van der Waals surface area contributed by atoms with Crippen LogP contribution in [0.3, 0.4) is 0 Å². The summed E-state index contributed by atoms with van der Waals surface area (Å²) in [6.07, 6.45) is 1.40. The lowest BCUT2D eigenvalue weighted by molar-refractivity contribution is -0.139. The summed E-state index contributed by atoms with van der Waals surface area (Å²) < 4.78 is 28.0. The number of anilines is 1. The topological polar surface area (TPSA) is 138 Å². The van der Waals surface area contributed by atoms with Crippen LogP contribution >= 0.6 is 11.6 Å². The molecule has 4 aromatic rings. The van der Waals surface area contributed by atoms with Crippen molar-refractivity contribution in [2.24, 2.45) is 5.92 Å². The number of piperazine rings is 1. The molecular formula is C23H24ClN7O3S. The van der Waals surface area contributed by atoms with Gasteiger partial charge < -0.3 is 15.6 Å². The molecule has 0 saturated carbocycles. The second kappa shape index (κ2) is 8.74. The van der Waals surface area contributed by atoms with Crippen molar-refractivity contribution >= 4 is 55.3 Å². The van der Waals surface area contributed by atoms with Crippen molar-refractivity contribution in [1.29, 1.82) is 0 Å². The second-order valence-electron chi connectivity index (χ2n) is 8.94. The zero-order valence-corrected chi connectivity index (χ0v) is 20.7. The van der Waals surface area contributed by atoms with Crippen LogP contribution in [0.15, 0.2) is 47.9 Å². The SMILES string of the molecule is CC(C)C1CN(S(=O)(=O)c2nc3ccc(Cl)cc3[nH]2)CC(=O)N1Cc1ccc2c(N)ncnc2c1. The summed E-state index contributed by atoms with van der Waals surface area (Å²) in [5.74, 6) is 0.134. The van der Waals surface area contributed by atoms with Gasteiger partial charge in [-0.15, -0.1) is 0 Å². The quantitative estimate of drug-likeness (QED) is 0.418. The van der Waals surface area contributed by atoms with E-state index in [1.807, 2.05) is 32.0 Å². The number of hydrogen-bond acceptors (Lipinski definition) is 7. The zero-order chi connectivity index (χ0) is 24.9. The Labute approximate surface area is 207 Å². The number of benzene rings is 2. The molecule has 35 heavy (non-hydrogen) atoms. The Bertz CT molecular complexity index is 1550. The van der Waals surface area contributed by atoms with E-state index in [0.29, 0.717) is 33.9 Å². The summed E-state index contributed by atoms with van der Waals surface area (Å²) in [5, 5.41) is 1.01. The maximum absolute atomic E-state index is 13.4. The Morgan fingerprint density at radius 2 is 1.97 bits per heavy atom. The molecule has 0 bridgehead atoms. The Kier molecular flexibility index (Phi) is 5.86. The van der Waals surface area contributed by atoms with Crippen LogP contribution in [0, 0.1) is 5.92 Å². The highest BCUT2D eigenvalue weighted by Crippen LogP contribution is 2.27. The number of carbonyl (C=O) groups excluding carboxylic acids is 1. The number of H-pyrrole nitrogens is 1. The molecule has 1 fully saturated rings. The van der Waals surface area contributed by atoms with Gasteiger partial charge in [-0.25, -0.2) is 23.4 Å². The van der Waals surface area contributed by atoms with Crippen molar-refractivity contribution in [2.75, 3.05) is 18.8 Å². The molecule has 1 atom stereocenters. The van der Waals surface area contributed by atoms with Crippen molar-refractivity contribution in [1.82, 2.24) is 29.1 Å². The van der Waals surface area contributed by atoms with Crippen molar-refractivity contribution in [3.05, 3.63) is 53.3 Å². The summed E-state index contributed by atoms with van der Waals surface area (Å²) in [6.45, 7) is 4.16. The van der Waals surface area contributed by atoms with Crippen LogP contribution in [0.4, 0.5) is 5.82 Å². The van der Waals surface area contributed by atoms with Gasteiger partial charge in [0.15, 0.2) is 0 Å². The number of carbonyl (C=O) groups is 1. The number of hydrogen-bond donors (Lipinski definition) is 2. The molecule has 0 radical (unpaired) electrons. The third-order valence-electron chi connectivity index (χ3n) is 6.28. The number of rotatable bonds is 5. The molecule has 10 nitrogen and oxygen atoms in total. The minimum absolute atomic E-state index is 0.0184. The van der Waals surface area contributed by atoms with Crippen molar-refractivity contribution in [2.45, 2.75) is 31.6 Å². The van der Waals surface area contributed by atoms with Gasteiger partial charge in [0.05, 0.1) is 23.1 Å². The average Bonchev–Trinajstić information content (AvgIpc) is 3.24. The van der Waals surface area contributed by atoms with E-state index in [2.05, 4.69) is 19.9 Å². The molecule has 12 heteroatoms. The third kappa shape index (κ3) is 4.30. The van der Waals surface area contributed by atoms with Gasteiger partial charge >= 0.3 is 0 Å². The minimum Gasteiger partial charge on any atom is -0.383 e. The molecular weight excluding hydrogens is 490 g/mol. The fourth-order valence-electron chi connectivity index (χ4n) is 4.38. The fraction of sp³-hybridized carbons (Fsp3) is 0.304. The summed E-state index contributed by atoms with van der Waals surface area (Å²) >= 11 is 6.02. The molecule has 0 aliphatic carbocycles. The summed E-state index contributed by atoms with van der Waals surface area (Å²) in [6, 6.07) is 10.2. The van der Waals surface area contributed by atoms with Crippen molar-refractivity contribution in [3.8, 4) is 0 Å². The van der Waals surface area contributed by atoms with E-state index < -0.39 is 10.0 Å². The predicted molar refractivity (Wildman–Crippen MR) is 133 cm³/mol. The van der Waals surface area contributed by atoms with Crippen molar-refractivity contribution < 1.29 is 13.2 Å². The molecule has 1 unspecified atom stereocenters. The highest BCUT2D eigenvalue weighted by Gasteiger charge is 2.40. The number of nitrogen functional groups attached to an aromatic ring is 1. The Morgan fingerprint density at radius 3 is 2.74 bits per heavy atom. The highest BCUT2D eigenvalue weighted by atomic mass is 35.5.